The molecule has 3 aromatic rings. The number of benzene rings is 2. The number of nitrogens with zero attached hydrogens (tertiary/aromatic N) is 2. The van der Waals surface area contributed by atoms with Crippen LogP contribution in [0.1, 0.15) is 12.7 Å². The first-order valence-electron chi connectivity index (χ1n) is 7.10. The molecule has 0 amide bonds. The van der Waals surface area contributed by atoms with Crippen molar-refractivity contribution in [1.82, 2.24) is 9.97 Å². The Bertz CT molecular complexity index is 762. The molecule has 0 bridgehead atoms. The predicted octanol–water partition coefficient (Wildman–Crippen LogP) is 4.11. The lowest BCUT2D eigenvalue weighted by molar-refractivity contribution is 1.04. The summed E-state index contributed by atoms with van der Waals surface area (Å²) < 4.78 is 0. The first-order valence-corrected chi connectivity index (χ1v) is 7.10. The Labute approximate surface area is 124 Å². The largest absolute Gasteiger partial charge is 0.370 e. The maximum absolute atomic E-state index is 4.46. The summed E-state index contributed by atoms with van der Waals surface area (Å²) in [6.45, 7) is 4.79. The van der Waals surface area contributed by atoms with Gasteiger partial charge < -0.3 is 10.6 Å². The molecule has 1 heterocycles. The van der Waals surface area contributed by atoms with Crippen LogP contribution in [-0.2, 0) is 0 Å². The fourth-order valence-electron chi connectivity index (χ4n) is 2.38. The van der Waals surface area contributed by atoms with E-state index < -0.39 is 0 Å². The van der Waals surface area contributed by atoms with Crippen LogP contribution in [0.15, 0.2) is 48.5 Å². The number of rotatable bonds is 4. The number of aryl methyl sites for hydroxylation is 1. The molecule has 4 heteroatoms. The Kier molecular flexibility index (Phi) is 3.69. The van der Waals surface area contributed by atoms with E-state index in [2.05, 4.69) is 51.8 Å². The van der Waals surface area contributed by atoms with E-state index in [1.165, 1.54) is 10.8 Å². The van der Waals surface area contributed by atoms with Gasteiger partial charge >= 0.3 is 0 Å². The molecule has 106 valence electrons. The van der Waals surface area contributed by atoms with E-state index in [4.69, 9.17) is 0 Å². The molecule has 2 N–H and O–H groups in total. The fraction of sp³-hybridized carbons (Fsp3) is 0.176. The second-order valence-corrected chi connectivity index (χ2v) is 4.87. The average molecular weight is 278 g/mol. The molecule has 4 nitrogen and oxygen atoms in total. The Balaban J connectivity index is 1.98. The highest BCUT2D eigenvalue weighted by Crippen LogP contribution is 2.26. The molecule has 0 aliphatic rings. The number of nitrogens with one attached hydrogen (secondary N) is 2. The molecular weight excluding hydrogens is 260 g/mol. The van der Waals surface area contributed by atoms with Crippen LogP contribution in [-0.4, -0.2) is 16.5 Å². The van der Waals surface area contributed by atoms with Gasteiger partial charge in [0.2, 0.25) is 0 Å². The van der Waals surface area contributed by atoms with E-state index in [9.17, 15) is 0 Å². The highest BCUT2D eigenvalue weighted by atomic mass is 15.1. The first-order chi connectivity index (χ1) is 10.3. The van der Waals surface area contributed by atoms with Crippen molar-refractivity contribution in [2.75, 3.05) is 17.2 Å². The molecule has 0 spiro atoms. The molecule has 0 atom stereocenters. The van der Waals surface area contributed by atoms with E-state index >= 15 is 0 Å². The monoisotopic (exact) mass is 278 g/mol. The van der Waals surface area contributed by atoms with E-state index in [-0.39, 0.29) is 0 Å². The molecule has 3 rings (SSSR count). The summed E-state index contributed by atoms with van der Waals surface area (Å²) in [5.41, 5.74) is 1.05. The molecule has 0 aliphatic carbocycles. The highest BCUT2D eigenvalue weighted by Gasteiger charge is 2.04. The highest BCUT2D eigenvalue weighted by molar-refractivity contribution is 5.95. The van der Waals surface area contributed by atoms with Crippen molar-refractivity contribution in [3.8, 4) is 0 Å². The molecule has 21 heavy (non-hydrogen) atoms. The van der Waals surface area contributed by atoms with Gasteiger partial charge in [-0.25, -0.2) is 9.97 Å². The fourth-order valence-corrected chi connectivity index (χ4v) is 2.38. The van der Waals surface area contributed by atoms with Gasteiger partial charge in [0.15, 0.2) is 0 Å². The number of hydrogen-bond donors (Lipinski definition) is 2. The summed E-state index contributed by atoms with van der Waals surface area (Å²) in [5, 5.41) is 9.01. The smallest absolute Gasteiger partial charge is 0.136 e. The molecule has 0 saturated carbocycles. The minimum absolute atomic E-state index is 0.746. The molecule has 0 unspecified atom stereocenters. The molecule has 2 aromatic carbocycles. The van der Waals surface area contributed by atoms with Crippen molar-refractivity contribution >= 4 is 28.1 Å². The zero-order valence-corrected chi connectivity index (χ0v) is 12.2. The number of hydrogen-bond acceptors (Lipinski definition) is 4. The Morgan fingerprint density at radius 1 is 0.952 bits per heavy atom. The molecule has 0 fully saturated rings. The summed E-state index contributed by atoms with van der Waals surface area (Å²) in [4.78, 5) is 8.82. The van der Waals surface area contributed by atoms with Crippen molar-refractivity contribution < 1.29 is 0 Å². The van der Waals surface area contributed by atoms with E-state index in [0.29, 0.717) is 0 Å². The SMILES string of the molecule is CCNc1cc(Nc2cccc3ccccc23)nc(C)n1. The van der Waals surface area contributed by atoms with Crippen molar-refractivity contribution in [3.05, 3.63) is 54.4 Å². The van der Waals surface area contributed by atoms with Gasteiger partial charge in [-0.3, -0.25) is 0 Å². The van der Waals surface area contributed by atoms with E-state index in [1.807, 2.05) is 31.2 Å². The van der Waals surface area contributed by atoms with Crippen LogP contribution >= 0.6 is 0 Å². The third kappa shape index (κ3) is 2.94. The minimum Gasteiger partial charge on any atom is -0.370 e. The molecule has 1 aromatic heterocycles. The number of fused-ring (bicyclic) bond motifs is 1. The van der Waals surface area contributed by atoms with Crippen LogP contribution in [0.2, 0.25) is 0 Å². The van der Waals surface area contributed by atoms with Crippen LogP contribution in [0, 0.1) is 6.92 Å². The van der Waals surface area contributed by atoms with Gasteiger partial charge in [0.25, 0.3) is 0 Å². The van der Waals surface area contributed by atoms with Crippen molar-refractivity contribution in [2.45, 2.75) is 13.8 Å². The average Bonchev–Trinajstić information content (AvgIpc) is 2.47. The lowest BCUT2D eigenvalue weighted by atomic mass is 10.1. The Morgan fingerprint density at radius 3 is 2.57 bits per heavy atom. The topological polar surface area (TPSA) is 49.8 Å². The second kappa shape index (κ2) is 5.79. The third-order valence-electron chi connectivity index (χ3n) is 3.25. The Hall–Kier alpha value is -2.62. The lowest BCUT2D eigenvalue weighted by Gasteiger charge is -2.11. The predicted molar refractivity (Wildman–Crippen MR) is 88.2 cm³/mol. The maximum Gasteiger partial charge on any atom is 0.136 e. The molecule has 0 saturated heterocycles. The van der Waals surface area contributed by atoms with Crippen molar-refractivity contribution in [2.24, 2.45) is 0 Å². The summed E-state index contributed by atoms with van der Waals surface area (Å²) >= 11 is 0. The summed E-state index contributed by atoms with van der Waals surface area (Å²) in [7, 11) is 0. The Morgan fingerprint density at radius 2 is 1.71 bits per heavy atom. The number of aromatic nitrogens is 2. The summed E-state index contributed by atoms with van der Waals surface area (Å²) in [5.74, 6) is 2.39. The molecule has 0 aliphatic heterocycles. The minimum atomic E-state index is 0.746. The third-order valence-corrected chi connectivity index (χ3v) is 3.25. The first kappa shape index (κ1) is 13.4. The van der Waals surface area contributed by atoms with Gasteiger partial charge in [-0.05, 0) is 25.3 Å². The second-order valence-electron chi connectivity index (χ2n) is 4.87. The molecule has 0 radical (unpaired) electrons. The lowest BCUT2D eigenvalue weighted by Crippen LogP contribution is -2.04. The van der Waals surface area contributed by atoms with Gasteiger partial charge in [0.1, 0.15) is 17.5 Å². The van der Waals surface area contributed by atoms with Crippen LogP contribution in [0.3, 0.4) is 0 Å². The zero-order chi connectivity index (χ0) is 14.7. The van der Waals surface area contributed by atoms with Crippen LogP contribution in [0.5, 0.6) is 0 Å². The standard InChI is InChI=1S/C17H18N4/c1-3-18-16-11-17(20-12(2)19-16)21-15-10-6-8-13-7-4-5-9-14(13)15/h4-11H,3H2,1-2H3,(H2,18,19,20,21). The van der Waals surface area contributed by atoms with Crippen molar-refractivity contribution in [1.29, 1.82) is 0 Å². The van der Waals surface area contributed by atoms with Crippen LogP contribution < -0.4 is 10.6 Å². The van der Waals surface area contributed by atoms with Gasteiger partial charge in [-0.1, -0.05) is 36.4 Å². The molecular formula is C17H18N4. The summed E-state index contributed by atoms with van der Waals surface area (Å²) in [6, 6.07) is 16.4. The van der Waals surface area contributed by atoms with E-state index in [0.717, 1.165) is 29.7 Å². The van der Waals surface area contributed by atoms with E-state index in [1.54, 1.807) is 0 Å². The summed E-state index contributed by atoms with van der Waals surface area (Å²) in [6.07, 6.45) is 0. The van der Waals surface area contributed by atoms with Gasteiger partial charge in [0, 0.05) is 23.7 Å². The van der Waals surface area contributed by atoms with Crippen molar-refractivity contribution in [3.63, 3.8) is 0 Å². The van der Waals surface area contributed by atoms with Gasteiger partial charge in [0.05, 0.1) is 0 Å². The van der Waals surface area contributed by atoms with Gasteiger partial charge in [-0.2, -0.15) is 0 Å². The van der Waals surface area contributed by atoms with Crippen LogP contribution in [0.25, 0.3) is 10.8 Å². The number of anilines is 3. The quantitative estimate of drug-likeness (QED) is 0.754. The normalized spacial score (nSPS) is 10.6. The van der Waals surface area contributed by atoms with Crippen LogP contribution in [0.4, 0.5) is 17.3 Å². The maximum atomic E-state index is 4.46. The zero-order valence-electron chi connectivity index (χ0n) is 12.2. The van der Waals surface area contributed by atoms with Gasteiger partial charge in [-0.15, -0.1) is 0 Å².